The standard InChI is InChI=1S/C16H14N2O4S2/c1-9-15(19)18-13-7-10(5-6-14(13)23-9)16(20)17-11-3-2-4-12(8-11)24(21)22/h2-9H,1H3,(H,17,20)(H,18,19)(H,21,22). The van der Waals surface area contributed by atoms with Crippen molar-refractivity contribution < 1.29 is 18.4 Å². The summed E-state index contributed by atoms with van der Waals surface area (Å²) in [6, 6.07) is 11.2. The van der Waals surface area contributed by atoms with Gasteiger partial charge in [-0.3, -0.25) is 9.59 Å². The first-order chi connectivity index (χ1) is 11.4. The first-order valence-corrected chi connectivity index (χ1v) is 9.06. The lowest BCUT2D eigenvalue weighted by Crippen LogP contribution is -2.26. The highest BCUT2D eigenvalue weighted by Gasteiger charge is 2.23. The summed E-state index contributed by atoms with van der Waals surface area (Å²) in [5.74, 6) is -0.459. The monoisotopic (exact) mass is 362 g/mol. The highest BCUT2D eigenvalue weighted by atomic mass is 32.2. The number of hydrogen-bond acceptors (Lipinski definition) is 4. The van der Waals surface area contributed by atoms with Gasteiger partial charge in [0.2, 0.25) is 5.91 Å². The summed E-state index contributed by atoms with van der Waals surface area (Å²) in [7, 11) is 0. The Morgan fingerprint density at radius 2 is 2.08 bits per heavy atom. The molecular weight excluding hydrogens is 348 g/mol. The molecule has 24 heavy (non-hydrogen) atoms. The number of anilines is 2. The van der Waals surface area contributed by atoms with Crippen molar-refractivity contribution in [2.24, 2.45) is 0 Å². The van der Waals surface area contributed by atoms with Gasteiger partial charge in [0.25, 0.3) is 5.91 Å². The summed E-state index contributed by atoms with van der Waals surface area (Å²) < 4.78 is 20.2. The predicted molar refractivity (Wildman–Crippen MR) is 93.8 cm³/mol. The van der Waals surface area contributed by atoms with Gasteiger partial charge in [-0.15, -0.1) is 11.8 Å². The van der Waals surface area contributed by atoms with Gasteiger partial charge in [0.1, 0.15) is 0 Å². The zero-order chi connectivity index (χ0) is 17.3. The second-order valence-electron chi connectivity index (χ2n) is 5.19. The molecule has 2 atom stereocenters. The van der Waals surface area contributed by atoms with E-state index in [1.807, 2.05) is 6.92 Å². The smallest absolute Gasteiger partial charge is 0.255 e. The van der Waals surface area contributed by atoms with E-state index in [1.54, 1.807) is 30.3 Å². The Morgan fingerprint density at radius 3 is 2.83 bits per heavy atom. The first-order valence-electron chi connectivity index (χ1n) is 7.08. The highest BCUT2D eigenvalue weighted by Crippen LogP contribution is 2.36. The molecule has 2 aromatic rings. The number of thioether (sulfide) groups is 1. The van der Waals surface area contributed by atoms with Crippen LogP contribution >= 0.6 is 11.8 Å². The van der Waals surface area contributed by atoms with E-state index in [2.05, 4.69) is 10.6 Å². The van der Waals surface area contributed by atoms with Crippen LogP contribution in [0.5, 0.6) is 0 Å². The van der Waals surface area contributed by atoms with Crippen molar-refractivity contribution >= 4 is 46.0 Å². The molecule has 1 heterocycles. The Kier molecular flexibility index (Phi) is 4.70. The topological polar surface area (TPSA) is 95.5 Å². The lowest BCUT2D eigenvalue weighted by Gasteiger charge is -2.21. The summed E-state index contributed by atoms with van der Waals surface area (Å²) in [5.41, 5.74) is 1.42. The molecule has 0 fully saturated rings. The van der Waals surface area contributed by atoms with Crippen LogP contribution < -0.4 is 10.6 Å². The number of benzene rings is 2. The van der Waals surface area contributed by atoms with Crippen LogP contribution in [0.15, 0.2) is 52.3 Å². The largest absolute Gasteiger partial charge is 0.324 e. The van der Waals surface area contributed by atoms with Gasteiger partial charge >= 0.3 is 0 Å². The Labute approximate surface area is 145 Å². The predicted octanol–water partition coefficient (Wildman–Crippen LogP) is 2.95. The molecule has 2 aromatic carbocycles. The van der Waals surface area contributed by atoms with Crippen LogP contribution in [0.1, 0.15) is 17.3 Å². The molecule has 1 aliphatic heterocycles. The van der Waals surface area contributed by atoms with Gasteiger partial charge in [0.05, 0.1) is 15.8 Å². The SMILES string of the molecule is CC1Sc2ccc(C(=O)Nc3cccc(S(=O)O)c3)cc2NC1=O. The first kappa shape index (κ1) is 16.7. The van der Waals surface area contributed by atoms with Crippen molar-refractivity contribution in [3.63, 3.8) is 0 Å². The summed E-state index contributed by atoms with van der Waals surface area (Å²) in [6.07, 6.45) is 0. The normalized spacial score (nSPS) is 17.6. The maximum absolute atomic E-state index is 12.4. The maximum Gasteiger partial charge on any atom is 0.255 e. The minimum absolute atomic E-state index is 0.0943. The lowest BCUT2D eigenvalue weighted by atomic mass is 10.1. The molecule has 0 saturated carbocycles. The van der Waals surface area contributed by atoms with Gasteiger partial charge in [0.15, 0.2) is 11.1 Å². The number of rotatable bonds is 3. The molecule has 0 bridgehead atoms. The molecule has 6 nitrogen and oxygen atoms in total. The molecule has 8 heteroatoms. The van der Waals surface area contributed by atoms with Gasteiger partial charge in [-0.05, 0) is 43.3 Å². The molecule has 124 valence electrons. The van der Waals surface area contributed by atoms with E-state index < -0.39 is 11.1 Å². The molecular formula is C16H14N2O4S2. The lowest BCUT2D eigenvalue weighted by molar-refractivity contribution is -0.115. The molecule has 0 aliphatic carbocycles. The molecule has 3 N–H and O–H groups in total. The van der Waals surface area contributed by atoms with E-state index in [0.717, 1.165) is 4.90 Å². The summed E-state index contributed by atoms with van der Waals surface area (Å²) in [5, 5.41) is 5.29. The number of nitrogens with one attached hydrogen (secondary N) is 2. The average molecular weight is 362 g/mol. The zero-order valence-corrected chi connectivity index (χ0v) is 14.2. The van der Waals surface area contributed by atoms with Crippen molar-refractivity contribution in [2.45, 2.75) is 22.0 Å². The highest BCUT2D eigenvalue weighted by molar-refractivity contribution is 8.00. The van der Waals surface area contributed by atoms with Crippen LogP contribution in [0.3, 0.4) is 0 Å². The quantitative estimate of drug-likeness (QED) is 0.730. The molecule has 0 radical (unpaired) electrons. The Bertz CT molecular complexity index is 854. The van der Waals surface area contributed by atoms with Gasteiger partial charge in [-0.1, -0.05) is 6.07 Å². The number of carbonyl (C=O) groups is 2. The number of amides is 2. The molecule has 0 spiro atoms. The zero-order valence-electron chi connectivity index (χ0n) is 12.6. The Morgan fingerprint density at radius 1 is 1.29 bits per heavy atom. The molecule has 2 unspecified atom stereocenters. The van der Waals surface area contributed by atoms with Gasteiger partial charge in [-0.25, -0.2) is 4.21 Å². The fourth-order valence-corrected chi connectivity index (χ4v) is 3.59. The van der Waals surface area contributed by atoms with E-state index in [9.17, 15) is 13.8 Å². The molecule has 0 saturated heterocycles. The van der Waals surface area contributed by atoms with Crippen molar-refractivity contribution in [3.8, 4) is 0 Å². The number of carbonyl (C=O) groups excluding carboxylic acids is 2. The molecule has 0 aromatic heterocycles. The fourth-order valence-electron chi connectivity index (χ4n) is 2.24. The van der Waals surface area contributed by atoms with E-state index in [-0.39, 0.29) is 22.0 Å². The molecule has 1 aliphatic rings. The second-order valence-corrected chi connectivity index (χ2v) is 7.54. The Hall–Kier alpha value is -2.16. The molecule has 2 amide bonds. The third-order valence-corrected chi connectivity index (χ3v) is 5.30. The van der Waals surface area contributed by atoms with E-state index in [4.69, 9.17) is 4.55 Å². The van der Waals surface area contributed by atoms with Crippen LogP contribution in [-0.4, -0.2) is 25.8 Å². The van der Waals surface area contributed by atoms with Crippen molar-refractivity contribution in [1.82, 2.24) is 0 Å². The summed E-state index contributed by atoms with van der Waals surface area (Å²) in [4.78, 5) is 25.2. The van der Waals surface area contributed by atoms with Crippen molar-refractivity contribution in [3.05, 3.63) is 48.0 Å². The fraction of sp³-hybridized carbons (Fsp3) is 0.125. The van der Waals surface area contributed by atoms with Crippen LogP contribution in [0.4, 0.5) is 11.4 Å². The summed E-state index contributed by atoms with van der Waals surface area (Å²) >= 11 is -0.665. The minimum Gasteiger partial charge on any atom is -0.324 e. The third kappa shape index (κ3) is 3.50. The Balaban J connectivity index is 1.81. The maximum atomic E-state index is 12.4. The van der Waals surface area contributed by atoms with Gasteiger partial charge in [0, 0.05) is 16.1 Å². The average Bonchev–Trinajstić information content (AvgIpc) is 2.55. The number of hydrogen-bond donors (Lipinski definition) is 3. The van der Waals surface area contributed by atoms with E-state index in [0.29, 0.717) is 16.9 Å². The van der Waals surface area contributed by atoms with Crippen LogP contribution in [0.2, 0.25) is 0 Å². The van der Waals surface area contributed by atoms with E-state index in [1.165, 1.54) is 23.9 Å². The van der Waals surface area contributed by atoms with Crippen LogP contribution in [0, 0.1) is 0 Å². The minimum atomic E-state index is -2.11. The van der Waals surface area contributed by atoms with Crippen molar-refractivity contribution in [1.29, 1.82) is 0 Å². The number of fused-ring (bicyclic) bond motifs is 1. The van der Waals surface area contributed by atoms with E-state index >= 15 is 0 Å². The van der Waals surface area contributed by atoms with Crippen LogP contribution in [0.25, 0.3) is 0 Å². The van der Waals surface area contributed by atoms with Crippen LogP contribution in [-0.2, 0) is 15.9 Å². The van der Waals surface area contributed by atoms with Crippen molar-refractivity contribution in [2.75, 3.05) is 10.6 Å². The second kappa shape index (κ2) is 6.76. The van der Waals surface area contributed by atoms with Gasteiger partial charge < -0.3 is 15.2 Å². The molecule has 3 rings (SSSR count). The van der Waals surface area contributed by atoms with Gasteiger partial charge in [-0.2, -0.15) is 0 Å². The third-order valence-electron chi connectivity index (χ3n) is 3.47. The summed E-state index contributed by atoms with van der Waals surface area (Å²) in [6.45, 7) is 1.82.